The summed E-state index contributed by atoms with van der Waals surface area (Å²) in [7, 11) is 3.25. The van der Waals surface area contributed by atoms with Crippen LogP contribution in [0.25, 0.3) is 0 Å². The van der Waals surface area contributed by atoms with Crippen LogP contribution in [0.1, 0.15) is 28.5 Å². The number of ether oxygens (including phenoxy) is 2. The highest BCUT2D eigenvalue weighted by Crippen LogP contribution is 2.27. The first-order valence-electron chi connectivity index (χ1n) is 13.0. The number of benzene rings is 2. The number of aromatic amines is 1. The van der Waals surface area contributed by atoms with Crippen LogP contribution in [-0.2, 0) is 17.6 Å². The number of anilines is 3. The zero-order chi connectivity index (χ0) is 27.8. The molecule has 39 heavy (non-hydrogen) atoms. The highest BCUT2D eigenvalue weighted by molar-refractivity contribution is 6.11. The van der Waals surface area contributed by atoms with Gasteiger partial charge in [-0.05, 0) is 61.4 Å². The molecule has 0 atom stereocenters. The Bertz CT molecular complexity index is 1290. The first kappa shape index (κ1) is 27.7. The minimum atomic E-state index is -0.381. The normalized spacial score (nSPS) is 13.6. The van der Waals surface area contributed by atoms with Crippen LogP contribution < -0.4 is 25.0 Å². The molecule has 3 aromatic rings. The van der Waals surface area contributed by atoms with Crippen molar-refractivity contribution in [1.82, 2.24) is 15.1 Å². The largest absolute Gasteiger partial charge is 0.497 e. The number of aryl methyl sites for hydroxylation is 2. The summed E-state index contributed by atoms with van der Waals surface area (Å²) >= 11 is 0. The van der Waals surface area contributed by atoms with E-state index in [4.69, 9.17) is 9.47 Å². The molecule has 0 saturated carbocycles. The van der Waals surface area contributed by atoms with Crippen molar-refractivity contribution < 1.29 is 19.1 Å². The van der Waals surface area contributed by atoms with Gasteiger partial charge in [-0.15, -0.1) is 0 Å². The smallest absolute Gasteiger partial charge is 0.258 e. The van der Waals surface area contributed by atoms with Gasteiger partial charge in [0.25, 0.3) is 5.91 Å². The number of rotatable bonds is 11. The number of amides is 2. The van der Waals surface area contributed by atoms with E-state index in [0.717, 1.165) is 67.6 Å². The van der Waals surface area contributed by atoms with Crippen LogP contribution in [0.3, 0.4) is 0 Å². The van der Waals surface area contributed by atoms with Crippen molar-refractivity contribution in [3.63, 3.8) is 0 Å². The summed E-state index contributed by atoms with van der Waals surface area (Å²) in [6.07, 6.45) is 2.60. The Kier molecular flexibility index (Phi) is 9.22. The molecule has 0 bridgehead atoms. The molecule has 3 N–H and O–H groups in total. The van der Waals surface area contributed by atoms with Gasteiger partial charge in [-0.1, -0.05) is 13.5 Å². The predicted molar refractivity (Wildman–Crippen MR) is 153 cm³/mol. The topological polar surface area (TPSA) is 112 Å². The van der Waals surface area contributed by atoms with Gasteiger partial charge in [0.2, 0.25) is 5.91 Å². The van der Waals surface area contributed by atoms with Gasteiger partial charge < -0.3 is 29.9 Å². The highest BCUT2D eigenvalue weighted by Gasteiger charge is 2.20. The minimum absolute atomic E-state index is 0.342. The zero-order valence-corrected chi connectivity index (χ0v) is 22.8. The maximum atomic E-state index is 13.2. The van der Waals surface area contributed by atoms with Crippen molar-refractivity contribution in [2.75, 3.05) is 62.5 Å². The van der Waals surface area contributed by atoms with Gasteiger partial charge >= 0.3 is 0 Å². The quantitative estimate of drug-likeness (QED) is 0.323. The summed E-state index contributed by atoms with van der Waals surface area (Å²) in [5, 5.41) is 12.9. The van der Waals surface area contributed by atoms with E-state index in [2.05, 4.69) is 44.1 Å². The fourth-order valence-electron chi connectivity index (χ4n) is 4.56. The second-order valence-electron chi connectivity index (χ2n) is 9.30. The number of nitrogens with one attached hydrogen (secondary N) is 3. The van der Waals surface area contributed by atoms with Gasteiger partial charge in [0, 0.05) is 49.7 Å². The van der Waals surface area contributed by atoms with Crippen molar-refractivity contribution in [2.24, 2.45) is 0 Å². The van der Waals surface area contributed by atoms with E-state index in [-0.39, 0.29) is 11.8 Å². The number of aromatic nitrogens is 2. The molecule has 2 aromatic carbocycles. The summed E-state index contributed by atoms with van der Waals surface area (Å²) in [4.78, 5) is 30.0. The first-order valence-corrected chi connectivity index (χ1v) is 13.0. The lowest BCUT2D eigenvalue weighted by molar-refractivity contribution is -0.111. The van der Waals surface area contributed by atoms with Crippen molar-refractivity contribution in [1.29, 1.82) is 0 Å². The molecule has 10 heteroatoms. The third kappa shape index (κ3) is 7.17. The molecular weight excluding hydrogens is 496 g/mol. The van der Waals surface area contributed by atoms with Gasteiger partial charge in [-0.2, -0.15) is 5.10 Å². The molecular formula is C29H36N6O4. The molecule has 1 fully saturated rings. The number of H-pyrrole nitrogens is 1. The lowest BCUT2D eigenvalue weighted by Crippen LogP contribution is -2.46. The molecule has 1 aliphatic rings. The maximum absolute atomic E-state index is 13.2. The van der Waals surface area contributed by atoms with Gasteiger partial charge in [0.1, 0.15) is 11.5 Å². The molecule has 1 saturated heterocycles. The van der Waals surface area contributed by atoms with Crippen LogP contribution >= 0.6 is 0 Å². The van der Waals surface area contributed by atoms with Gasteiger partial charge in [0.05, 0.1) is 25.5 Å². The van der Waals surface area contributed by atoms with Crippen molar-refractivity contribution in [3.05, 3.63) is 71.9 Å². The van der Waals surface area contributed by atoms with Crippen LogP contribution in [0.15, 0.2) is 55.1 Å². The van der Waals surface area contributed by atoms with Crippen molar-refractivity contribution >= 4 is 29.0 Å². The number of nitrogens with zero attached hydrogens (tertiary/aromatic N) is 3. The number of piperazine rings is 1. The molecule has 1 aromatic heterocycles. The van der Waals surface area contributed by atoms with Crippen molar-refractivity contribution in [2.45, 2.75) is 19.8 Å². The minimum Gasteiger partial charge on any atom is -0.497 e. The van der Waals surface area contributed by atoms with E-state index in [1.165, 1.54) is 6.08 Å². The van der Waals surface area contributed by atoms with E-state index < -0.39 is 0 Å². The summed E-state index contributed by atoms with van der Waals surface area (Å²) in [6.45, 7) is 10.4. The van der Waals surface area contributed by atoms with Gasteiger partial charge in [0.15, 0.2) is 5.82 Å². The Balaban J connectivity index is 1.44. The molecule has 1 aliphatic heterocycles. The lowest BCUT2D eigenvalue weighted by Gasteiger charge is -2.35. The molecule has 4 rings (SSSR count). The Morgan fingerprint density at radius 1 is 1.00 bits per heavy atom. The Morgan fingerprint density at radius 3 is 2.36 bits per heavy atom. The second-order valence-corrected chi connectivity index (χ2v) is 9.30. The number of likely N-dealkylation sites (N-methyl/N-ethyl adjacent to an activating group) is 1. The lowest BCUT2D eigenvalue weighted by atomic mass is 10.1. The summed E-state index contributed by atoms with van der Waals surface area (Å²) in [5.74, 6) is 1.12. The maximum Gasteiger partial charge on any atom is 0.258 e. The highest BCUT2D eigenvalue weighted by atomic mass is 16.5. The van der Waals surface area contributed by atoms with Gasteiger partial charge in [-0.3, -0.25) is 14.7 Å². The fraction of sp³-hybridized carbons (Fsp3) is 0.345. The number of hydrogen-bond donors (Lipinski definition) is 3. The average molecular weight is 533 g/mol. The SMILES string of the molecule is C=CC(=O)Nc1cc(N2CCN(CC)CC2)ccc1C(=O)Nc1cc(CCc2cc(OC)cc(OC)c2)[nH]n1. The molecule has 0 unspecified atom stereocenters. The third-order valence-corrected chi connectivity index (χ3v) is 6.84. The fourth-order valence-corrected chi connectivity index (χ4v) is 4.56. The Labute approximate surface area is 229 Å². The summed E-state index contributed by atoms with van der Waals surface area (Å²) in [5.41, 5.74) is 3.65. The zero-order valence-electron chi connectivity index (χ0n) is 22.8. The molecule has 0 radical (unpaired) electrons. The van der Waals surface area contributed by atoms with E-state index in [1.54, 1.807) is 26.4 Å². The van der Waals surface area contributed by atoms with Crippen LogP contribution in [0, 0.1) is 0 Å². The molecule has 2 heterocycles. The Hall–Kier alpha value is -4.31. The number of hydrogen-bond acceptors (Lipinski definition) is 7. The predicted octanol–water partition coefficient (Wildman–Crippen LogP) is 3.73. The number of methoxy groups -OCH3 is 2. The summed E-state index contributed by atoms with van der Waals surface area (Å²) < 4.78 is 10.7. The third-order valence-electron chi connectivity index (χ3n) is 6.84. The van der Waals surface area contributed by atoms with Gasteiger partial charge in [-0.25, -0.2) is 0 Å². The molecule has 0 spiro atoms. The first-order chi connectivity index (χ1) is 18.9. The van der Waals surface area contributed by atoms with E-state index in [0.29, 0.717) is 23.5 Å². The second kappa shape index (κ2) is 13.0. The molecule has 10 nitrogen and oxygen atoms in total. The van der Waals surface area contributed by atoms with Crippen LogP contribution in [0.4, 0.5) is 17.2 Å². The van der Waals surface area contributed by atoms with Crippen LogP contribution in [0.5, 0.6) is 11.5 Å². The molecule has 0 aliphatic carbocycles. The standard InChI is InChI=1S/C29H36N6O4/c1-5-28(36)30-26-18-22(35-13-11-34(6-2)12-14-35)9-10-25(26)29(37)31-27-17-21(32-33-27)8-7-20-15-23(38-3)19-24(16-20)39-4/h5,9-10,15-19H,1,6-8,11-14H2,2-4H3,(H,30,36)(H2,31,32,33,37). The van der Waals surface area contributed by atoms with Crippen molar-refractivity contribution in [3.8, 4) is 11.5 Å². The number of carbonyl (C=O) groups is 2. The van der Waals surface area contributed by atoms with Crippen LogP contribution in [0.2, 0.25) is 0 Å². The number of carbonyl (C=O) groups excluding carboxylic acids is 2. The van der Waals surface area contributed by atoms with E-state index in [1.807, 2.05) is 30.3 Å². The Morgan fingerprint density at radius 2 is 1.72 bits per heavy atom. The molecule has 206 valence electrons. The van der Waals surface area contributed by atoms with E-state index in [9.17, 15) is 9.59 Å². The average Bonchev–Trinajstić information content (AvgIpc) is 3.42. The summed E-state index contributed by atoms with van der Waals surface area (Å²) in [6, 6.07) is 13.1. The van der Waals surface area contributed by atoms with E-state index >= 15 is 0 Å². The monoisotopic (exact) mass is 532 g/mol. The molecule has 2 amide bonds. The van der Waals surface area contributed by atoms with Crippen LogP contribution in [-0.4, -0.2) is 73.9 Å².